The van der Waals surface area contributed by atoms with Gasteiger partial charge in [0, 0.05) is 25.3 Å². The summed E-state index contributed by atoms with van der Waals surface area (Å²) >= 11 is 1.35. The van der Waals surface area contributed by atoms with Gasteiger partial charge in [0.2, 0.25) is 0 Å². The first-order chi connectivity index (χ1) is 7.61. The van der Waals surface area contributed by atoms with Crippen LogP contribution >= 0.6 is 11.8 Å². The first kappa shape index (κ1) is 13.0. The van der Waals surface area contributed by atoms with Crippen molar-refractivity contribution in [3.63, 3.8) is 0 Å². The zero-order valence-electron chi connectivity index (χ0n) is 9.34. The van der Waals surface area contributed by atoms with Crippen LogP contribution in [0.5, 0.6) is 0 Å². The molecule has 0 saturated carbocycles. The standard InChI is InChI=1S/C11H15NO3S/c1-11(10(13)14,16-7-6-15-2)9-4-3-5-12-8-9/h3-5,8H,6-7H2,1-2H3,(H,13,14). The average molecular weight is 241 g/mol. The maximum atomic E-state index is 11.3. The molecule has 1 heterocycles. The monoisotopic (exact) mass is 241 g/mol. The predicted molar refractivity (Wildman–Crippen MR) is 63.6 cm³/mol. The van der Waals surface area contributed by atoms with Gasteiger partial charge >= 0.3 is 5.97 Å². The molecule has 0 aliphatic rings. The maximum absolute atomic E-state index is 11.3. The molecule has 0 aliphatic carbocycles. The molecular formula is C11H15NO3S. The third kappa shape index (κ3) is 2.96. The van der Waals surface area contributed by atoms with E-state index in [1.807, 2.05) is 0 Å². The first-order valence-electron chi connectivity index (χ1n) is 4.88. The summed E-state index contributed by atoms with van der Waals surface area (Å²) in [7, 11) is 1.60. The molecule has 1 N–H and O–H groups in total. The van der Waals surface area contributed by atoms with Crippen LogP contribution in [0.15, 0.2) is 24.5 Å². The molecule has 0 aliphatic heterocycles. The van der Waals surface area contributed by atoms with Crippen molar-refractivity contribution >= 4 is 17.7 Å². The number of carboxylic acid groups (broad SMARTS) is 1. The number of methoxy groups -OCH3 is 1. The highest BCUT2D eigenvalue weighted by molar-refractivity contribution is 8.00. The summed E-state index contributed by atoms with van der Waals surface area (Å²) in [6.45, 7) is 2.22. The number of nitrogens with zero attached hydrogens (tertiary/aromatic N) is 1. The number of carbonyl (C=O) groups is 1. The van der Waals surface area contributed by atoms with E-state index < -0.39 is 10.7 Å². The fraction of sp³-hybridized carbons (Fsp3) is 0.455. The number of aromatic nitrogens is 1. The topological polar surface area (TPSA) is 59.4 Å². The van der Waals surface area contributed by atoms with Crippen molar-refractivity contribution in [1.29, 1.82) is 0 Å². The van der Waals surface area contributed by atoms with Gasteiger partial charge in [0.1, 0.15) is 4.75 Å². The van der Waals surface area contributed by atoms with Crippen LogP contribution in [0.4, 0.5) is 0 Å². The molecular weight excluding hydrogens is 226 g/mol. The van der Waals surface area contributed by atoms with E-state index in [0.717, 1.165) is 0 Å². The molecule has 0 spiro atoms. The van der Waals surface area contributed by atoms with Crippen molar-refractivity contribution in [1.82, 2.24) is 4.98 Å². The minimum atomic E-state index is -0.965. The second-order valence-corrected chi connectivity index (χ2v) is 4.93. The Morgan fingerprint density at radius 2 is 2.44 bits per heavy atom. The summed E-state index contributed by atoms with van der Waals surface area (Å²) in [5, 5.41) is 9.30. The lowest BCUT2D eigenvalue weighted by atomic mass is 10.0. The number of aliphatic carboxylic acids is 1. The molecule has 0 radical (unpaired) electrons. The van der Waals surface area contributed by atoms with E-state index in [1.165, 1.54) is 11.8 Å². The quantitative estimate of drug-likeness (QED) is 0.769. The Labute approximate surface area is 99.0 Å². The Bertz CT molecular complexity index is 344. The van der Waals surface area contributed by atoms with Crippen molar-refractivity contribution < 1.29 is 14.6 Å². The fourth-order valence-electron chi connectivity index (χ4n) is 1.24. The summed E-state index contributed by atoms with van der Waals surface area (Å²) in [6.07, 6.45) is 3.22. The second kappa shape index (κ2) is 5.86. The van der Waals surface area contributed by atoms with Crippen molar-refractivity contribution in [3.8, 4) is 0 Å². The van der Waals surface area contributed by atoms with Gasteiger partial charge in [0.25, 0.3) is 0 Å². The molecule has 4 nitrogen and oxygen atoms in total. The molecule has 0 bridgehead atoms. The van der Waals surface area contributed by atoms with Crippen LogP contribution in [0.3, 0.4) is 0 Å². The van der Waals surface area contributed by atoms with E-state index >= 15 is 0 Å². The summed E-state index contributed by atoms with van der Waals surface area (Å²) in [4.78, 5) is 15.3. The van der Waals surface area contributed by atoms with Gasteiger partial charge in [0.15, 0.2) is 0 Å². The maximum Gasteiger partial charge on any atom is 0.324 e. The number of pyridine rings is 1. The number of carboxylic acids is 1. The van der Waals surface area contributed by atoms with Gasteiger partial charge in [-0.3, -0.25) is 9.78 Å². The SMILES string of the molecule is COCCSC(C)(C(=O)O)c1cccnc1. The molecule has 88 valence electrons. The van der Waals surface area contributed by atoms with Crippen molar-refractivity contribution in [2.24, 2.45) is 0 Å². The molecule has 1 rings (SSSR count). The summed E-state index contributed by atoms with van der Waals surface area (Å²) < 4.78 is 3.96. The lowest BCUT2D eigenvalue weighted by Crippen LogP contribution is -2.29. The Morgan fingerprint density at radius 1 is 1.69 bits per heavy atom. The van der Waals surface area contributed by atoms with E-state index in [-0.39, 0.29) is 0 Å². The average Bonchev–Trinajstić information content (AvgIpc) is 2.30. The van der Waals surface area contributed by atoms with E-state index in [4.69, 9.17) is 4.74 Å². The number of hydrogen-bond donors (Lipinski definition) is 1. The molecule has 0 aromatic carbocycles. The van der Waals surface area contributed by atoms with Crippen LogP contribution < -0.4 is 0 Å². The van der Waals surface area contributed by atoms with Gasteiger partial charge in [-0.15, -0.1) is 11.8 Å². The van der Waals surface area contributed by atoms with Gasteiger partial charge < -0.3 is 9.84 Å². The molecule has 0 fully saturated rings. The summed E-state index contributed by atoms with van der Waals surface area (Å²) in [5.74, 6) is -0.226. The Kier molecular flexibility index (Phi) is 4.76. The van der Waals surface area contributed by atoms with Gasteiger partial charge in [0.05, 0.1) is 6.61 Å². The van der Waals surface area contributed by atoms with Gasteiger partial charge in [-0.1, -0.05) is 6.07 Å². The third-order valence-corrected chi connectivity index (χ3v) is 3.66. The molecule has 0 saturated heterocycles. The smallest absolute Gasteiger partial charge is 0.324 e. The number of ether oxygens (including phenoxy) is 1. The van der Waals surface area contributed by atoms with E-state index in [1.54, 1.807) is 38.6 Å². The van der Waals surface area contributed by atoms with Gasteiger partial charge in [-0.05, 0) is 18.6 Å². The Balaban J connectivity index is 2.85. The Morgan fingerprint density at radius 3 is 2.94 bits per heavy atom. The van der Waals surface area contributed by atoms with Gasteiger partial charge in [-0.2, -0.15) is 0 Å². The third-order valence-electron chi connectivity index (χ3n) is 2.30. The van der Waals surface area contributed by atoms with E-state index in [2.05, 4.69) is 4.98 Å². The molecule has 1 aromatic heterocycles. The van der Waals surface area contributed by atoms with Crippen LogP contribution in [0.1, 0.15) is 12.5 Å². The minimum Gasteiger partial charge on any atom is -0.480 e. The van der Waals surface area contributed by atoms with Crippen LogP contribution in [-0.4, -0.2) is 35.5 Å². The zero-order valence-corrected chi connectivity index (χ0v) is 10.2. The molecule has 0 amide bonds. The van der Waals surface area contributed by atoms with Crippen LogP contribution in [-0.2, 0) is 14.3 Å². The predicted octanol–water partition coefficient (Wildman–Crippen LogP) is 1.76. The molecule has 1 unspecified atom stereocenters. The second-order valence-electron chi connectivity index (χ2n) is 3.42. The largest absolute Gasteiger partial charge is 0.480 e. The molecule has 5 heteroatoms. The van der Waals surface area contributed by atoms with E-state index in [9.17, 15) is 9.90 Å². The highest BCUT2D eigenvalue weighted by Gasteiger charge is 2.35. The number of rotatable bonds is 6. The van der Waals surface area contributed by atoms with Crippen molar-refractivity contribution in [3.05, 3.63) is 30.1 Å². The lowest BCUT2D eigenvalue weighted by molar-refractivity contribution is -0.139. The number of hydrogen-bond acceptors (Lipinski definition) is 4. The van der Waals surface area contributed by atoms with Gasteiger partial charge in [-0.25, -0.2) is 0 Å². The molecule has 1 aromatic rings. The summed E-state index contributed by atoms with van der Waals surface area (Å²) in [5.41, 5.74) is 0.698. The molecule has 16 heavy (non-hydrogen) atoms. The zero-order chi connectivity index (χ0) is 12.0. The van der Waals surface area contributed by atoms with Crippen molar-refractivity contribution in [2.45, 2.75) is 11.7 Å². The molecule has 1 atom stereocenters. The summed E-state index contributed by atoms with van der Waals surface area (Å²) in [6, 6.07) is 3.52. The van der Waals surface area contributed by atoms with Crippen molar-refractivity contribution in [2.75, 3.05) is 19.5 Å². The highest BCUT2D eigenvalue weighted by atomic mass is 32.2. The van der Waals surface area contributed by atoms with E-state index in [0.29, 0.717) is 17.9 Å². The normalized spacial score (nSPS) is 14.4. The Hall–Kier alpha value is -1.07. The lowest BCUT2D eigenvalue weighted by Gasteiger charge is -2.24. The highest BCUT2D eigenvalue weighted by Crippen LogP contribution is 2.35. The minimum absolute atomic E-state index is 0.536. The number of thioether (sulfide) groups is 1. The first-order valence-corrected chi connectivity index (χ1v) is 5.86. The van der Waals surface area contributed by atoms with Crippen LogP contribution in [0.25, 0.3) is 0 Å². The van der Waals surface area contributed by atoms with Crippen LogP contribution in [0.2, 0.25) is 0 Å². The fourth-order valence-corrected chi connectivity index (χ4v) is 2.31. The van der Waals surface area contributed by atoms with Crippen LogP contribution in [0, 0.1) is 0 Å².